The maximum Gasteiger partial charge on any atom is 0.235 e. The van der Waals surface area contributed by atoms with Gasteiger partial charge in [0.15, 0.2) is 46.0 Å². The van der Waals surface area contributed by atoms with Crippen LogP contribution in [0, 0.1) is 0 Å². The molecule has 0 fully saturated rings. The van der Waals surface area contributed by atoms with Crippen molar-refractivity contribution < 1.29 is 90.9 Å². The predicted octanol–water partition coefficient (Wildman–Crippen LogP) is 1.40. The molecule has 0 saturated heterocycles. The van der Waals surface area contributed by atoms with Gasteiger partial charge < -0.3 is 71.5 Å². The van der Waals surface area contributed by atoms with Gasteiger partial charge in [-0.25, -0.2) is 0 Å². The van der Waals surface area contributed by atoms with E-state index in [0.717, 1.165) is 0 Å². The van der Waals surface area contributed by atoms with Crippen LogP contribution in [-0.2, 0) is 0 Å². The van der Waals surface area contributed by atoms with E-state index >= 15 is 0 Å². The van der Waals surface area contributed by atoms with E-state index < -0.39 is 126 Å². The molecule has 0 bridgehead atoms. The fraction of sp³-hybridized carbons (Fsp3) is 0. The molecule has 4 aromatic rings. The van der Waals surface area contributed by atoms with Crippen molar-refractivity contribution in [1.29, 1.82) is 0 Å². The summed E-state index contributed by atoms with van der Waals surface area (Å²) in [6, 6.07) is 1.74. The summed E-state index contributed by atoms with van der Waals surface area (Å²) in [6.07, 6.45) is 0. The van der Waals surface area contributed by atoms with Crippen molar-refractivity contribution in [3.8, 4) is 92.0 Å². The van der Waals surface area contributed by atoms with Crippen molar-refractivity contribution >= 4 is 11.6 Å². The standard InChI is InChI=1S/C26H18O18/c27-7-3-10(30)19(36)23(40)13(7)22(39)14-18(35)9(29)4-11(31)26(14)44-43-12-2-6(17(34)25(42)21(12)38)15(32)5-1-8(28)20(37)24(41)16(5)33/h1-4,27-31,33-38,40-42H. The van der Waals surface area contributed by atoms with Crippen LogP contribution in [0.2, 0.25) is 0 Å². The van der Waals surface area contributed by atoms with Gasteiger partial charge in [-0.3, -0.25) is 19.4 Å². The molecule has 0 unspecified atom stereocenters. The molecule has 4 aromatic carbocycles. The number of hydrogen-bond donors (Lipinski definition) is 14. The van der Waals surface area contributed by atoms with Crippen LogP contribution >= 0.6 is 0 Å². The number of phenolic OH excluding ortho intramolecular Hbond substituents is 14. The van der Waals surface area contributed by atoms with E-state index in [1.54, 1.807) is 0 Å². The van der Waals surface area contributed by atoms with Gasteiger partial charge in [-0.15, -0.1) is 0 Å². The minimum atomic E-state index is -1.67. The Morgan fingerprint density at radius 2 is 0.864 bits per heavy atom. The third-order valence-corrected chi connectivity index (χ3v) is 6.04. The third-order valence-electron chi connectivity index (χ3n) is 6.04. The second-order valence-corrected chi connectivity index (χ2v) is 8.74. The van der Waals surface area contributed by atoms with Gasteiger partial charge in [0, 0.05) is 18.2 Å². The van der Waals surface area contributed by atoms with E-state index in [9.17, 15) is 81.1 Å². The maximum absolute atomic E-state index is 13.2. The van der Waals surface area contributed by atoms with Crippen LogP contribution in [0.5, 0.6) is 92.0 Å². The summed E-state index contributed by atoms with van der Waals surface area (Å²) in [5, 5.41) is 140. The summed E-state index contributed by atoms with van der Waals surface area (Å²) in [6.45, 7) is 0. The zero-order chi connectivity index (χ0) is 32.9. The Morgan fingerprint density at radius 1 is 0.386 bits per heavy atom. The van der Waals surface area contributed by atoms with Gasteiger partial charge in [-0.2, -0.15) is 0 Å². The zero-order valence-electron chi connectivity index (χ0n) is 21.2. The Labute approximate surface area is 241 Å². The van der Waals surface area contributed by atoms with E-state index in [1.807, 2.05) is 0 Å². The van der Waals surface area contributed by atoms with Gasteiger partial charge in [-0.05, 0) is 6.07 Å². The first-order chi connectivity index (χ1) is 20.5. The zero-order valence-corrected chi connectivity index (χ0v) is 21.2. The van der Waals surface area contributed by atoms with Crippen molar-refractivity contribution in [2.75, 3.05) is 0 Å². The lowest BCUT2D eigenvalue weighted by Gasteiger charge is -2.16. The summed E-state index contributed by atoms with van der Waals surface area (Å²) in [4.78, 5) is 35.8. The quantitative estimate of drug-likeness (QED) is 0.0457. The average Bonchev–Trinajstić information content (AvgIpc) is 2.97. The molecule has 0 aromatic heterocycles. The van der Waals surface area contributed by atoms with Crippen LogP contribution < -0.4 is 9.78 Å². The average molecular weight is 618 g/mol. The van der Waals surface area contributed by atoms with Crippen molar-refractivity contribution in [3.63, 3.8) is 0 Å². The summed E-state index contributed by atoms with van der Waals surface area (Å²) < 4.78 is 0. The minimum Gasteiger partial charge on any atom is -0.507 e. The molecule has 0 spiro atoms. The second kappa shape index (κ2) is 10.4. The third kappa shape index (κ3) is 4.59. The first-order valence-corrected chi connectivity index (χ1v) is 11.4. The highest BCUT2D eigenvalue weighted by atomic mass is 17.2. The molecule has 0 heterocycles. The molecule has 0 atom stereocenters. The summed E-state index contributed by atoms with van der Waals surface area (Å²) in [5.74, 6) is -23.2. The number of carbonyl (C=O) groups excluding carboxylic acids is 2. The maximum atomic E-state index is 13.2. The van der Waals surface area contributed by atoms with Gasteiger partial charge in [0.25, 0.3) is 0 Å². The largest absolute Gasteiger partial charge is 0.507 e. The van der Waals surface area contributed by atoms with E-state index in [4.69, 9.17) is 9.78 Å². The highest BCUT2D eigenvalue weighted by molar-refractivity contribution is 6.17. The summed E-state index contributed by atoms with van der Waals surface area (Å²) in [7, 11) is 0. The number of hydrogen-bond acceptors (Lipinski definition) is 18. The van der Waals surface area contributed by atoms with Crippen LogP contribution in [0.4, 0.5) is 0 Å². The normalized spacial score (nSPS) is 10.8. The monoisotopic (exact) mass is 618 g/mol. The Bertz CT molecular complexity index is 1890. The van der Waals surface area contributed by atoms with Crippen molar-refractivity contribution in [1.82, 2.24) is 0 Å². The Hall–Kier alpha value is -6.98. The number of aromatic hydroxyl groups is 14. The van der Waals surface area contributed by atoms with Gasteiger partial charge in [0.2, 0.25) is 51.8 Å². The highest BCUT2D eigenvalue weighted by Gasteiger charge is 2.33. The lowest BCUT2D eigenvalue weighted by molar-refractivity contribution is -0.104. The minimum absolute atomic E-state index is 0.411. The summed E-state index contributed by atoms with van der Waals surface area (Å²) in [5.41, 5.74) is -4.42. The molecule has 230 valence electrons. The van der Waals surface area contributed by atoms with Crippen LogP contribution in [0.15, 0.2) is 24.3 Å². The van der Waals surface area contributed by atoms with Crippen LogP contribution in [0.25, 0.3) is 0 Å². The molecule has 4 rings (SSSR count). The van der Waals surface area contributed by atoms with E-state index in [1.165, 1.54) is 0 Å². The Morgan fingerprint density at radius 3 is 1.48 bits per heavy atom. The van der Waals surface area contributed by atoms with E-state index in [0.29, 0.717) is 24.3 Å². The molecular formula is C26H18O18. The molecule has 0 aliphatic rings. The lowest BCUT2D eigenvalue weighted by atomic mass is 9.98. The van der Waals surface area contributed by atoms with E-state index in [-0.39, 0.29) is 0 Å². The SMILES string of the molecule is O=C(c1cc(O)c(O)c(O)c1O)c1cc(OOc2c(O)cc(O)c(O)c2C(=O)c2c(O)cc(O)c(O)c2O)c(O)c(O)c1O. The van der Waals surface area contributed by atoms with Crippen molar-refractivity contribution in [2.24, 2.45) is 0 Å². The first kappa shape index (κ1) is 30.0. The summed E-state index contributed by atoms with van der Waals surface area (Å²) >= 11 is 0. The van der Waals surface area contributed by atoms with Crippen LogP contribution in [-0.4, -0.2) is 83.1 Å². The van der Waals surface area contributed by atoms with Gasteiger partial charge in [0.05, 0.1) is 11.1 Å². The topological polar surface area (TPSA) is 336 Å². The number of rotatable bonds is 7. The van der Waals surface area contributed by atoms with Gasteiger partial charge >= 0.3 is 0 Å². The fourth-order valence-corrected chi connectivity index (χ4v) is 3.80. The Balaban J connectivity index is 1.82. The molecular weight excluding hydrogens is 600 g/mol. The first-order valence-electron chi connectivity index (χ1n) is 11.4. The predicted molar refractivity (Wildman–Crippen MR) is 137 cm³/mol. The smallest absolute Gasteiger partial charge is 0.235 e. The van der Waals surface area contributed by atoms with Gasteiger partial charge in [-0.1, -0.05) is 0 Å². The second-order valence-electron chi connectivity index (χ2n) is 8.74. The molecule has 44 heavy (non-hydrogen) atoms. The molecule has 0 radical (unpaired) electrons. The number of carbonyl (C=O) groups is 2. The molecule has 0 aliphatic carbocycles. The lowest BCUT2D eigenvalue weighted by Crippen LogP contribution is -2.10. The Kier molecular flexibility index (Phi) is 7.12. The molecule has 18 heteroatoms. The number of benzene rings is 4. The molecule has 0 amide bonds. The van der Waals surface area contributed by atoms with Crippen LogP contribution in [0.1, 0.15) is 31.8 Å². The number of phenols is 14. The van der Waals surface area contributed by atoms with Crippen molar-refractivity contribution in [2.45, 2.75) is 0 Å². The molecule has 14 N–H and O–H groups in total. The molecule has 0 saturated carbocycles. The van der Waals surface area contributed by atoms with Gasteiger partial charge in [0.1, 0.15) is 16.9 Å². The molecule has 18 nitrogen and oxygen atoms in total. The van der Waals surface area contributed by atoms with Crippen molar-refractivity contribution in [3.05, 3.63) is 46.5 Å². The molecule has 0 aliphatic heterocycles. The van der Waals surface area contributed by atoms with E-state index in [2.05, 4.69) is 0 Å². The van der Waals surface area contributed by atoms with Crippen LogP contribution in [0.3, 0.4) is 0 Å². The highest BCUT2D eigenvalue weighted by Crippen LogP contribution is 2.51. The number of ketones is 2. The fourth-order valence-electron chi connectivity index (χ4n) is 3.80.